The Labute approximate surface area is 330 Å². The van der Waals surface area contributed by atoms with Gasteiger partial charge >= 0.3 is 0 Å². The first-order chi connectivity index (χ1) is 26.7. The maximum absolute atomic E-state index is 15.4. The second kappa shape index (κ2) is 17.2. The molecule has 1 aliphatic rings. The van der Waals surface area contributed by atoms with Gasteiger partial charge in [-0.2, -0.15) is 9.10 Å². The number of benzene rings is 5. The molecule has 2 heterocycles. The van der Waals surface area contributed by atoms with E-state index in [1.807, 2.05) is 78.9 Å². The van der Waals surface area contributed by atoms with Crippen LogP contribution in [-0.4, -0.2) is 67.3 Å². The molecule has 7 rings (SSSR count). The highest BCUT2D eigenvalue weighted by atomic mass is 79.9. The highest BCUT2D eigenvalue weighted by Crippen LogP contribution is 2.42. The third-order valence-corrected chi connectivity index (χ3v) is 12.7. The summed E-state index contributed by atoms with van der Waals surface area (Å²) in [6.07, 6.45) is 2.15. The summed E-state index contributed by atoms with van der Waals surface area (Å²) >= 11 is 3.66. The molecule has 0 atom stereocenters. The third-order valence-electron chi connectivity index (χ3n) is 9.94. The summed E-state index contributed by atoms with van der Waals surface area (Å²) in [4.78, 5) is 1.53. The molecule has 5 aromatic carbocycles. The molecule has 11 nitrogen and oxygen atoms in total. The van der Waals surface area contributed by atoms with Crippen molar-refractivity contribution in [3.8, 4) is 39.8 Å². The molecule has 284 valence electrons. The SMILES string of the molecule is COc1ccc(CN(Cc2ccc(OC)cc2)S(=O)(=O)c2c(Br)ccc(-c3ccc(C4CCNCC4)cc3)c2-c2nnn(Cc3ccc(OC)cc3)n2)cc1. The van der Waals surface area contributed by atoms with E-state index >= 15 is 8.42 Å². The Morgan fingerprint density at radius 1 is 0.727 bits per heavy atom. The lowest BCUT2D eigenvalue weighted by Gasteiger charge is -2.25. The Morgan fingerprint density at radius 2 is 1.25 bits per heavy atom. The van der Waals surface area contributed by atoms with Gasteiger partial charge in [-0.15, -0.1) is 10.2 Å². The van der Waals surface area contributed by atoms with Crippen molar-refractivity contribution in [3.05, 3.63) is 136 Å². The van der Waals surface area contributed by atoms with Crippen LogP contribution in [-0.2, 0) is 29.7 Å². The molecule has 1 fully saturated rings. The lowest BCUT2D eigenvalue weighted by atomic mass is 9.89. The fourth-order valence-electron chi connectivity index (χ4n) is 6.89. The van der Waals surface area contributed by atoms with Crippen LogP contribution in [0.25, 0.3) is 22.5 Å². The van der Waals surface area contributed by atoms with E-state index in [2.05, 4.69) is 55.8 Å². The summed E-state index contributed by atoms with van der Waals surface area (Å²) < 4.78 is 48.6. The molecular formula is C42H43BrN6O5S. The number of ether oxygens (including phenoxy) is 3. The van der Waals surface area contributed by atoms with Crippen molar-refractivity contribution in [2.45, 2.75) is 43.3 Å². The summed E-state index contributed by atoms with van der Waals surface area (Å²) in [7, 11) is 0.559. The summed E-state index contributed by atoms with van der Waals surface area (Å²) in [6.45, 7) is 2.50. The van der Waals surface area contributed by atoms with E-state index in [1.54, 1.807) is 27.4 Å². The van der Waals surface area contributed by atoms with E-state index in [4.69, 9.17) is 19.3 Å². The molecule has 0 radical (unpaired) electrons. The fraction of sp³-hybridized carbons (Fsp3) is 0.262. The zero-order chi connectivity index (χ0) is 38.4. The van der Waals surface area contributed by atoms with E-state index in [1.165, 1.54) is 14.7 Å². The first kappa shape index (κ1) is 38.2. The van der Waals surface area contributed by atoms with Gasteiger partial charge in [-0.05, 0) is 129 Å². The van der Waals surface area contributed by atoms with Gasteiger partial charge in [0, 0.05) is 17.6 Å². The number of piperidine rings is 1. The van der Waals surface area contributed by atoms with Crippen LogP contribution in [0, 0.1) is 0 Å². The molecular weight excluding hydrogens is 780 g/mol. The Kier molecular flexibility index (Phi) is 11.9. The topological polar surface area (TPSA) is 121 Å². The van der Waals surface area contributed by atoms with E-state index in [9.17, 15) is 0 Å². The third kappa shape index (κ3) is 8.75. The Bertz CT molecular complexity index is 2260. The second-order valence-corrected chi connectivity index (χ2v) is 16.1. The van der Waals surface area contributed by atoms with Crippen LogP contribution in [0.15, 0.2) is 119 Å². The van der Waals surface area contributed by atoms with Gasteiger partial charge in [0.05, 0.1) is 33.4 Å². The van der Waals surface area contributed by atoms with Gasteiger partial charge in [0.25, 0.3) is 0 Å². The van der Waals surface area contributed by atoms with Crippen molar-refractivity contribution in [1.29, 1.82) is 0 Å². The first-order valence-corrected chi connectivity index (χ1v) is 20.3. The van der Waals surface area contributed by atoms with Gasteiger partial charge in [0.2, 0.25) is 15.8 Å². The van der Waals surface area contributed by atoms with Crippen molar-refractivity contribution in [1.82, 2.24) is 29.8 Å². The van der Waals surface area contributed by atoms with E-state index < -0.39 is 10.0 Å². The van der Waals surface area contributed by atoms with Crippen molar-refractivity contribution < 1.29 is 22.6 Å². The zero-order valence-corrected chi connectivity index (χ0v) is 33.4. The number of hydrogen-bond acceptors (Lipinski definition) is 9. The first-order valence-electron chi connectivity index (χ1n) is 18.1. The standard InChI is InChI=1S/C42H43BrN6O5S/c1-52-35-14-4-29(5-15-35)26-48(27-30-6-16-36(53-2)17-7-30)55(50,51)41-39(43)21-20-38(34-12-10-32(11-13-34)33-22-24-44-25-23-33)40(41)42-45-47-49(46-42)28-31-8-18-37(54-3)19-9-31/h4-21,33,44H,22-28H2,1-3H3. The number of nitrogens with one attached hydrogen (secondary N) is 1. The lowest BCUT2D eigenvalue weighted by molar-refractivity contribution is 0.397. The van der Waals surface area contributed by atoms with Gasteiger partial charge in [-0.1, -0.05) is 66.7 Å². The minimum Gasteiger partial charge on any atom is -0.497 e. The van der Waals surface area contributed by atoms with Gasteiger partial charge in [-0.3, -0.25) is 0 Å². The van der Waals surface area contributed by atoms with Crippen molar-refractivity contribution in [2.24, 2.45) is 0 Å². The molecule has 1 aromatic heterocycles. The molecule has 0 saturated carbocycles. The van der Waals surface area contributed by atoms with Gasteiger partial charge in [0.15, 0.2) is 0 Å². The van der Waals surface area contributed by atoms with Crippen LogP contribution in [0.5, 0.6) is 17.2 Å². The summed E-state index contributed by atoms with van der Waals surface area (Å²) in [5.74, 6) is 2.77. The minimum absolute atomic E-state index is 0.0541. The molecule has 6 aromatic rings. The Morgan fingerprint density at radius 3 is 1.78 bits per heavy atom. The van der Waals surface area contributed by atoms with E-state index in [-0.39, 0.29) is 23.8 Å². The number of nitrogens with zero attached hydrogens (tertiary/aromatic N) is 5. The van der Waals surface area contributed by atoms with Crippen molar-refractivity contribution >= 4 is 26.0 Å². The predicted molar refractivity (Wildman–Crippen MR) is 216 cm³/mol. The second-order valence-electron chi connectivity index (χ2n) is 13.4. The quantitative estimate of drug-likeness (QED) is 0.118. The van der Waals surface area contributed by atoms with E-state index in [0.29, 0.717) is 39.6 Å². The normalized spacial score (nSPS) is 13.5. The molecule has 0 aliphatic carbocycles. The molecule has 55 heavy (non-hydrogen) atoms. The van der Waals surface area contributed by atoms with Crippen LogP contribution in [0.2, 0.25) is 0 Å². The number of hydrogen-bond donors (Lipinski definition) is 1. The summed E-state index contributed by atoms with van der Waals surface area (Å²) in [6, 6.07) is 34.5. The molecule has 1 N–H and O–H groups in total. The largest absolute Gasteiger partial charge is 0.497 e. The van der Waals surface area contributed by atoms with Crippen LogP contribution < -0.4 is 19.5 Å². The molecule has 1 saturated heterocycles. The average molecular weight is 824 g/mol. The maximum Gasteiger partial charge on any atom is 0.245 e. The number of aromatic nitrogens is 4. The Balaban J connectivity index is 1.35. The lowest BCUT2D eigenvalue weighted by Crippen LogP contribution is -2.31. The van der Waals surface area contributed by atoms with Crippen molar-refractivity contribution in [3.63, 3.8) is 0 Å². The number of sulfonamides is 1. The highest BCUT2D eigenvalue weighted by molar-refractivity contribution is 9.10. The van der Waals surface area contributed by atoms with E-state index in [0.717, 1.165) is 53.9 Å². The number of methoxy groups -OCH3 is 3. The number of halogens is 1. The van der Waals surface area contributed by atoms with Crippen LogP contribution >= 0.6 is 15.9 Å². The molecule has 0 spiro atoms. The molecule has 0 unspecified atom stereocenters. The Hall–Kier alpha value is -5.08. The monoisotopic (exact) mass is 822 g/mol. The highest BCUT2D eigenvalue weighted by Gasteiger charge is 2.34. The smallest absolute Gasteiger partial charge is 0.245 e. The van der Waals surface area contributed by atoms with Crippen LogP contribution in [0.4, 0.5) is 0 Å². The number of tetrazole rings is 1. The molecule has 0 amide bonds. The van der Waals surface area contributed by atoms with Crippen LogP contribution in [0.1, 0.15) is 41.0 Å². The average Bonchev–Trinajstić information content (AvgIpc) is 3.69. The van der Waals surface area contributed by atoms with Gasteiger partial charge < -0.3 is 19.5 Å². The maximum atomic E-state index is 15.4. The van der Waals surface area contributed by atoms with Gasteiger partial charge in [-0.25, -0.2) is 8.42 Å². The fourth-order valence-corrected chi connectivity index (χ4v) is 9.50. The zero-order valence-electron chi connectivity index (χ0n) is 31.0. The molecule has 0 bridgehead atoms. The summed E-state index contributed by atoms with van der Waals surface area (Å²) in [5.41, 5.74) is 5.68. The van der Waals surface area contributed by atoms with Crippen molar-refractivity contribution in [2.75, 3.05) is 34.4 Å². The molecule has 1 aliphatic heterocycles. The summed E-state index contributed by atoms with van der Waals surface area (Å²) in [5, 5.41) is 17.1. The van der Waals surface area contributed by atoms with Gasteiger partial charge in [0.1, 0.15) is 22.1 Å². The predicted octanol–water partition coefficient (Wildman–Crippen LogP) is 7.70. The number of rotatable bonds is 14. The minimum atomic E-state index is -4.27. The molecule has 13 heteroatoms. The van der Waals surface area contributed by atoms with Crippen LogP contribution in [0.3, 0.4) is 0 Å².